The predicted octanol–water partition coefficient (Wildman–Crippen LogP) is 3.05. The summed E-state index contributed by atoms with van der Waals surface area (Å²) in [6, 6.07) is 5.40. The number of carbonyl (C=O) groups excluding carboxylic acids is 3. The smallest absolute Gasteiger partial charge is 0.410 e. The van der Waals surface area contributed by atoms with Crippen molar-refractivity contribution in [2.75, 3.05) is 60.2 Å². The van der Waals surface area contributed by atoms with Gasteiger partial charge < -0.3 is 39.4 Å². The summed E-state index contributed by atoms with van der Waals surface area (Å²) in [5.74, 6) is 1.08. The van der Waals surface area contributed by atoms with Gasteiger partial charge in [-0.25, -0.2) is 4.79 Å². The molecule has 0 radical (unpaired) electrons. The molecule has 1 saturated heterocycles. The molecular weight excluding hydrogens is 528 g/mol. The highest BCUT2D eigenvalue weighted by Crippen LogP contribution is 2.32. The fourth-order valence-corrected chi connectivity index (χ4v) is 5.00. The van der Waals surface area contributed by atoms with Crippen LogP contribution in [-0.2, 0) is 14.3 Å². The van der Waals surface area contributed by atoms with E-state index in [-0.39, 0.29) is 42.3 Å². The Hall–Kier alpha value is -3.31. The Bertz CT molecular complexity index is 1060. The molecule has 1 aromatic carbocycles. The summed E-state index contributed by atoms with van der Waals surface area (Å²) in [6.45, 7) is 12.7. The minimum absolute atomic E-state index is 0.0267. The van der Waals surface area contributed by atoms with Crippen molar-refractivity contribution in [3.63, 3.8) is 0 Å². The summed E-state index contributed by atoms with van der Waals surface area (Å²) in [6.07, 6.45) is 2.20. The molecule has 2 fully saturated rings. The minimum atomic E-state index is -0.405. The molecule has 2 aliphatic rings. The topological polar surface area (TPSA) is 119 Å². The van der Waals surface area contributed by atoms with Crippen molar-refractivity contribution < 1.29 is 33.3 Å². The lowest BCUT2D eigenvalue weighted by Gasteiger charge is -2.33. The van der Waals surface area contributed by atoms with Gasteiger partial charge in [0.15, 0.2) is 11.5 Å². The van der Waals surface area contributed by atoms with E-state index in [2.05, 4.69) is 17.2 Å². The quantitative estimate of drug-likeness (QED) is 0.289. The van der Waals surface area contributed by atoms with Gasteiger partial charge in [-0.3, -0.25) is 9.59 Å². The van der Waals surface area contributed by atoms with Crippen molar-refractivity contribution in [3.8, 4) is 11.5 Å². The Morgan fingerprint density at radius 2 is 1.78 bits per heavy atom. The zero-order valence-electron chi connectivity index (χ0n) is 25.1. The second kappa shape index (κ2) is 15.6. The molecule has 1 aliphatic carbocycles. The molecule has 3 amide bonds. The molecule has 1 aromatic rings. The van der Waals surface area contributed by atoms with Crippen LogP contribution in [0.4, 0.5) is 4.79 Å². The maximum atomic E-state index is 13.7. The van der Waals surface area contributed by atoms with Crippen molar-refractivity contribution in [2.45, 2.75) is 52.1 Å². The number of nitrogens with zero attached hydrogens (tertiary/aromatic N) is 2. The number of hydrogen-bond acceptors (Lipinski definition) is 8. The highest BCUT2D eigenvalue weighted by Gasteiger charge is 2.39. The summed E-state index contributed by atoms with van der Waals surface area (Å²) >= 11 is 0. The Balaban J connectivity index is 1.66. The normalized spacial score (nSPS) is 18.1. The van der Waals surface area contributed by atoms with Crippen molar-refractivity contribution in [1.82, 2.24) is 20.4 Å². The van der Waals surface area contributed by atoms with Crippen LogP contribution in [0.3, 0.4) is 0 Å². The molecule has 41 heavy (non-hydrogen) atoms. The third kappa shape index (κ3) is 9.64. The van der Waals surface area contributed by atoms with E-state index in [4.69, 9.17) is 18.9 Å². The lowest BCUT2D eigenvalue weighted by Crippen LogP contribution is -2.45. The van der Waals surface area contributed by atoms with Gasteiger partial charge in [-0.2, -0.15) is 0 Å². The van der Waals surface area contributed by atoms with Crippen LogP contribution in [0.25, 0.3) is 0 Å². The lowest BCUT2D eigenvalue weighted by atomic mass is 9.94. The standard InChI is InChI=1S/C30H46N4O7/c1-20(2)33(29(36)23-8-11-27(39-6)28(14-23)40-13-7-12-38-5)17-24-15-31-16-25(24)18-34(26-9-10-26)30(37)41-19-21(3)32-22(4)35/h8,11,14,20,24-26,31H,3,7,9-10,12-13,15-19H2,1-2,4-6H3,(H,32,35)/t24-,25-/m0/s1. The SMILES string of the molecule is C=C(COC(=O)N(C[C@@H]1CNC[C@H]1CN(C(=O)c1ccc(OC)c(OCCCOC)c1)C(C)C)C1CC1)NC(C)=O. The van der Waals surface area contributed by atoms with Gasteiger partial charge in [-0.15, -0.1) is 0 Å². The predicted molar refractivity (Wildman–Crippen MR) is 155 cm³/mol. The van der Waals surface area contributed by atoms with Crippen LogP contribution in [0.1, 0.15) is 50.4 Å². The highest BCUT2D eigenvalue weighted by molar-refractivity contribution is 5.95. The zero-order valence-corrected chi connectivity index (χ0v) is 25.1. The maximum absolute atomic E-state index is 13.7. The zero-order chi connectivity index (χ0) is 29.9. The van der Waals surface area contributed by atoms with Crippen LogP contribution in [0.5, 0.6) is 11.5 Å². The van der Waals surface area contributed by atoms with Gasteiger partial charge in [-0.05, 0) is 56.7 Å². The minimum Gasteiger partial charge on any atom is -0.493 e. The first-order chi connectivity index (χ1) is 19.6. The fraction of sp³-hybridized carbons (Fsp3) is 0.633. The van der Waals surface area contributed by atoms with Gasteiger partial charge >= 0.3 is 6.09 Å². The number of ether oxygens (including phenoxy) is 4. The van der Waals surface area contributed by atoms with E-state index in [1.165, 1.54) is 6.92 Å². The van der Waals surface area contributed by atoms with E-state index in [0.29, 0.717) is 49.1 Å². The summed E-state index contributed by atoms with van der Waals surface area (Å²) < 4.78 is 21.9. The maximum Gasteiger partial charge on any atom is 0.410 e. The van der Waals surface area contributed by atoms with Gasteiger partial charge in [0, 0.05) is 76.6 Å². The van der Waals surface area contributed by atoms with E-state index in [0.717, 1.165) is 32.4 Å². The Morgan fingerprint density at radius 1 is 1.07 bits per heavy atom. The molecule has 0 unspecified atom stereocenters. The van der Waals surface area contributed by atoms with E-state index < -0.39 is 6.09 Å². The first kappa shape index (κ1) is 32.2. The Kier molecular flexibility index (Phi) is 12.3. The number of amides is 3. The summed E-state index contributed by atoms with van der Waals surface area (Å²) in [7, 11) is 3.22. The molecule has 11 nitrogen and oxygen atoms in total. The Labute approximate surface area is 243 Å². The van der Waals surface area contributed by atoms with E-state index >= 15 is 0 Å². The molecule has 1 heterocycles. The molecule has 228 valence electrons. The molecule has 0 aromatic heterocycles. The summed E-state index contributed by atoms with van der Waals surface area (Å²) in [5.41, 5.74) is 0.876. The molecular formula is C30H46N4O7. The van der Waals surface area contributed by atoms with Crippen LogP contribution in [0, 0.1) is 11.8 Å². The molecule has 11 heteroatoms. The van der Waals surface area contributed by atoms with Crippen LogP contribution < -0.4 is 20.1 Å². The van der Waals surface area contributed by atoms with Crippen molar-refractivity contribution in [1.29, 1.82) is 0 Å². The van der Waals surface area contributed by atoms with Crippen LogP contribution in [-0.4, -0.2) is 100 Å². The van der Waals surface area contributed by atoms with Gasteiger partial charge in [-0.1, -0.05) is 6.58 Å². The van der Waals surface area contributed by atoms with Gasteiger partial charge in [0.2, 0.25) is 5.91 Å². The number of benzene rings is 1. The summed E-state index contributed by atoms with van der Waals surface area (Å²) in [5, 5.41) is 6.00. The third-order valence-electron chi connectivity index (χ3n) is 7.33. The van der Waals surface area contributed by atoms with Crippen LogP contribution >= 0.6 is 0 Å². The van der Waals surface area contributed by atoms with E-state index in [1.807, 2.05) is 18.7 Å². The van der Waals surface area contributed by atoms with Crippen LogP contribution in [0.15, 0.2) is 30.5 Å². The van der Waals surface area contributed by atoms with Gasteiger partial charge in [0.1, 0.15) is 6.61 Å². The number of rotatable bonds is 16. The van der Waals surface area contributed by atoms with Crippen LogP contribution in [0.2, 0.25) is 0 Å². The van der Waals surface area contributed by atoms with Crippen molar-refractivity contribution >= 4 is 17.9 Å². The molecule has 3 rings (SSSR count). The molecule has 0 bridgehead atoms. The third-order valence-corrected chi connectivity index (χ3v) is 7.33. The summed E-state index contributed by atoms with van der Waals surface area (Å²) in [4.78, 5) is 41.6. The Morgan fingerprint density at radius 3 is 2.39 bits per heavy atom. The average Bonchev–Trinajstić information content (AvgIpc) is 3.69. The van der Waals surface area contributed by atoms with Gasteiger partial charge in [0.05, 0.1) is 13.7 Å². The largest absolute Gasteiger partial charge is 0.493 e. The molecule has 2 N–H and O–H groups in total. The molecule has 1 aliphatic heterocycles. The molecule has 0 spiro atoms. The number of methoxy groups -OCH3 is 2. The van der Waals surface area contributed by atoms with Gasteiger partial charge in [0.25, 0.3) is 5.91 Å². The first-order valence-corrected chi connectivity index (χ1v) is 14.3. The number of hydrogen-bond donors (Lipinski definition) is 2. The fourth-order valence-electron chi connectivity index (χ4n) is 5.00. The van der Waals surface area contributed by atoms with E-state index in [1.54, 1.807) is 37.3 Å². The van der Waals surface area contributed by atoms with Crippen molar-refractivity contribution in [3.05, 3.63) is 36.0 Å². The first-order valence-electron chi connectivity index (χ1n) is 14.3. The van der Waals surface area contributed by atoms with Crippen molar-refractivity contribution in [2.24, 2.45) is 11.8 Å². The molecule has 2 atom stereocenters. The lowest BCUT2D eigenvalue weighted by molar-refractivity contribution is -0.118. The van der Waals surface area contributed by atoms with E-state index in [9.17, 15) is 14.4 Å². The molecule has 1 saturated carbocycles. The second-order valence-electron chi connectivity index (χ2n) is 11.0. The number of carbonyl (C=O) groups is 3. The number of nitrogens with one attached hydrogen (secondary N) is 2. The average molecular weight is 575 g/mol. The monoisotopic (exact) mass is 574 g/mol. The second-order valence-corrected chi connectivity index (χ2v) is 11.0. The highest BCUT2D eigenvalue weighted by atomic mass is 16.6.